The van der Waals surface area contributed by atoms with Crippen molar-refractivity contribution in [3.8, 4) is 0 Å². The van der Waals surface area contributed by atoms with E-state index in [0.717, 1.165) is 25.0 Å². The average Bonchev–Trinajstić information content (AvgIpc) is 2.82. The van der Waals surface area contributed by atoms with Crippen LogP contribution in [0.1, 0.15) is 41.3 Å². The Morgan fingerprint density at radius 1 is 1.45 bits per heavy atom. The fraction of sp³-hybridized carbons (Fsp3) is 0.400. The van der Waals surface area contributed by atoms with Crippen LogP contribution in [0.3, 0.4) is 0 Å². The van der Waals surface area contributed by atoms with Gasteiger partial charge in [-0.15, -0.1) is 0 Å². The third-order valence-electron chi connectivity index (χ3n) is 3.64. The third-order valence-corrected chi connectivity index (χ3v) is 3.64. The van der Waals surface area contributed by atoms with E-state index in [4.69, 9.17) is 0 Å². The first kappa shape index (κ1) is 14.6. The third kappa shape index (κ3) is 2.71. The summed E-state index contributed by atoms with van der Waals surface area (Å²) in [4.78, 5) is 14.0. The molecule has 0 saturated carbocycles. The van der Waals surface area contributed by atoms with Gasteiger partial charge in [0.15, 0.2) is 0 Å². The van der Waals surface area contributed by atoms with Gasteiger partial charge in [-0.05, 0) is 43.5 Å². The highest BCUT2D eigenvalue weighted by Gasteiger charge is 2.33. The van der Waals surface area contributed by atoms with Crippen molar-refractivity contribution < 1.29 is 18.0 Å². The molecular weight excluding hydrogens is 267 g/mol. The number of alkyl halides is 3. The van der Waals surface area contributed by atoms with E-state index in [2.05, 4.69) is 6.58 Å². The van der Waals surface area contributed by atoms with Gasteiger partial charge in [0.1, 0.15) is 0 Å². The van der Waals surface area contributed by atoms with Gasteiger partial charge in [0.25, 0.3) is 5.91 Å². The Morgan fingerprint density at radius 2 is 2.15 bits per heavy atom. The van der Waals surface area contributed by atoms with Crippen LogP contribution in [0.15, 0.2) is 24.8 Å². The number of carbonyl (C=O) groups is 1. The minimum atomic E-state index is -4.44. The number of carbonyl (C=O) groups excluding carboxylic acids is 1. The van der Waals surface area contributed by atoms with Gasteiger partial charge < -0.3 is 4.90 Å². The van der Waals surface area contributed by atoms with Crippen LogP contribution in [-0.4, -0.2) is 23.4 Å². The molecule has 0 spiro atoms. The van der Waals surface area contributed by atoms with Crippen LogP contribution in [0.25, 0.3) is 6.08 Å². The van der Waals surface area contributed by atoms with Crippen molar-refractivity contribution in [2.45, 2.75) is 32.0 Å². The molecule has 1 saturated heterocycles. The van der Waals surface area contributed by atoms with Crippen molar-refractivity contribution in [3.63, 3.8) is 0 Å². The van der Waals surface area contributed by atoms with Gasteiger partial charge in [-0.3, -0.25) is 4.79 Å². The molecule has 2 rings (SSSR count). The highest BCUT2D eigenvalue weighted by Crippen LogP contribution is 2.33. The van der Waals surface area contributed by atoms with E-state index in [0.29, 0.717) is 6.54 Å². The van der Waals surface area contributed by atoms with Crippen LogP contribution in [0.5, 0.6) is 0 Å². The first-order chi connectivity index (χ1) is 9.34. The van der Waals surface area contributed by atoms with Crippen molar-refractivity contribution >= 4 is 12.0 Å². The van der Waals surface area contributed by atoms with Crippen molar-refractivity contribution in [1.82, 2.24) is 4.90 Å². The lowest BCUT2D eigenvalue weighted by atomic mass is 10.0. The molecule has 1 aliphatic rings. The number of hydrogen-bond donors (Lipinski definition) is 0. The molecule has 1 aliphatic heterocycles. The Balaban J connectivity index is 2.35. The smallest absolute Gasteiger partial charge is 0.336 e. The van der Waals surface area contributed by atoms with Gasteiger partial charge in [0, 0.05) is 18.2 Å². The van der Waals surface area contributed by atoms with Crippen molar-refractivity contribution in [2.24, 2.45) is 0 Å². The maximum atomic E-state index is 12.8. The zero-order chi connectivity index (χ0) is 14.9. The quantitative estimate of drug-likeness (QED) is 0.804. The maximum Gasteiger partial charge on any atom is 0.416 e. The molecule has 108 valence electrons. The predicted octanol–water partition coefficient (Wildman–Crippen LogP) is 3.97. The van der Waals surface area contributed by atoms with E-state index in [1.54, 1.807) is 4.90 Å². The van der Waals surface area contributed by atoms with E-state index in [1.165, 1.54) is 12.1 Å². The van der Waals surface area contributed by atoms with Crippen LogP contribution >= 0.6 is 0 Å². The lowest BCUT2D eigenvalue weighted by Crippen LogP contribution is -2.33. The molecule has 0 bridgehead atoms. The van der Waals surface area contributed by atoms with Gasteiger partial charge in [0.2, 0.25) is 0 Å². The number of amides is 1. The summed E-state index contributed by atoms with van der Waals surface area (Å²) in [6.45, 7) is 6.00. The predicted molar refractivity (Wildman–Crippen MR) is 71.3 cm³/mol. The molecule has 1 atom stereocenters. The summed E-state index contributed by atoms with van der Waals surface area (Å²) in [5, 5.41) is 0. The highest BCUT2D eigenvalue weighted by atomic mass is 19.4. The minimum absolute atomic E-state index is 0.0600. The summed E-state index contributed by atoms with van der Waals surface area (Å²) in [6.07, 6.45) is -1.44. The SMILES string of the molecule is C=Cc1cc(C(=O)N2CCCC2C)ccc1C(F)(F)F. The fourth-order valence-corrected chi connectivity index (χ4v) is 2.52. The number of rotatable bonds is 2. The van der Waals surface area contributed by atoms with Crippen LogP contribution in [0.2, 0.25) is 0 Å². The van der Waals surface area contributed by atoms with E-state index < -0.39 is 11.7 Å². The molecule has 1 unspecified atom stereocenters. The molecule has 1 amide bonds. The zero-order valence-electron chi connectivity index (χ0n) is 11.2. The molecule has 0 aliphatic carbocycles. The monoisotopic (exact) mass is 283 g/mol. The number of halogens is 3. The first-order valence-corrected chi connectivity index (χ1v) is 6.49. The fourth-order valence-electron chi connectivity index (χ4n) is 2.52. The Hall–Kier alpha value is -1.78. The summed E-state index contributed by atoms with van der Waals surface area (Å²) in [6, 6.07) is 3.59. The van der Waals surface area contributed by atoms with Crippen LogP contribution in [-0.2, 0) is 6.18 Å². The standard InChI is InChI=1S/C15H16F3NO/c1-3-11-9-12(6-7-13(11)15(16,17)18)14(20)19-8-4-5-10(19)2/h3,6-7,9-10H,1,4-5,8H2,2H3. The number of nitrogens with zero attached hydrogens (tertiary/aromatic N) is 1. The molecular formula is C15H16F3NO. The maximum absolute atomic E-state index is 12.8. The molecule has 1 heterocycles. The Labute approximate surface area is 115 Å². The zero-order valence-corrected chi connectivity index (χ0v) is 11.2. The van der Waals surface area contributed by atoms with Crippen LogP contribution in [0, 0.1) is 0 Å². The summed E-state index contributed by atoms with van der Waals surface area (Å²) in [7, 11) is 0. The number of likely N-dealkylation sites (tertiary alicyclic amines) is 1. The van der Waals surface area contributed by atoms with E-state index in [1.807, 2.05) is 6.92 Å². The molecule has 1 aromatic rings. The van der Waals surface area contributed by atoms with Gasteiger partial charge in [0.05, 0.1) is 5.56 Å². The van der Waals surface area contributed by atoms with Gasteiger partial charge in [-0.1, -0.05) is 12.7 Å². The Bertz CT molecular complexity index is 536. The first-order valence-electron chi connectivity index (χ1n) is 6.49. The van der Waals surface area contributed by atoms with Crippen molar-refractivity contribution in [1.29, 1.82) is 0 Å². The number of hydrogen-bond acceptors (Lipinski definition) is 1. The van der Waals surface area contributed by atoms with E-state index in [-0.39, 0.29) is 23.1 Å². The lowest BCUT2D eigenvalue weighted by molar-refractivity contribution is -0.137. The Kier molecular flexibility index (Phi) is 3.88. The molecule has 1 fully saturated rings. The second-order valence-electron chi connectivity index (χ2n) is 4.99. The molecule has 2 nitrogen and oxygen atoms in total. The average molecular weight is 283 g/mol. The summed E-state index contributed by atoms with van der Waals surface area (Å²) in [5.74, 6) is -0.216. The molecule has 0 radical (unpaired) electrons. The molecule has 20 heavy (non-hydrogen) atoms. The van der Waals surface area contributed by atoms with Crippen molar-refractivity contribution in [2.75, 3.05) is 6.54 Å². The lowest BCUT2D eigenvalue weighted by Gasteiger charge is -2.22. The normalized spacial score (nSPS) is 19.2. The van der Waals surface area contributed by atoms with Crippen LogP contribution in [0.4, 0.5) is 13.2 Å². The highest BCUT2D eigenvalue weighted by molar-refractivity contribution is 5.95. The number of benzene rings is 1. The summed E-state index contributed by atoms with van der Waals surface area (Å²) < 4.78 is 38.4. The van der Waals surface area contributed by atoms with Gasteiger partial charge in [-0.2, -0.15) is 13.2 Å². The minimum Gasteiger partial charge on any atom is -0.336 e. The van der Waals surface area contributed by atoms with E-state index in [9.17, 15) is 18.0 Å². The second kappa shape index (κ2) is 5.31. The summed E-state index contributed by atoms with van der Waals surface area (Å²) >= 11 is 0. The largest absolute Gasteiger partial charge is 0.416 e. The van der Waals surface area contributed by atoms with E-state index >= 15 is 0 Å². The Morgan fingerprint density at radius 3 is 2.65 bits per heavy atom. The molecule has 5 heteroatoms. The summed E-state index contributed by atoms with van der Waals surface area (Å²) in [5.41, 5.74) is -0.546. The molecule has 0 aromatic heterocycles. The topological polar surface area (TPSA) is 20.3 Å². The molecule has 1 aromatic carbocycles. The van der Waals surface area contributed by atoms with Gasteiger partial charge in [-0.25, -0.2) is 0 Å². The second-order valence-corrected chi connectivity index (χ2v) is 4.99. The molecule has 0 N–H and O–H groups in total. The van der Waals surface area contributed by atoms with Crippen molar-refractivity contribution in [3.05, 3.63) is 41.5 Å². The van der Waals surface area contributed by atoms with Gasteiger partial charge >= 0.3 is 6.18 Å². The van der Waals surface area contributed by atoms with Crippen LogP contribution < -0.4 is 0 Å².